The van der Waals surface area contributed by atoms with Crippen LogP contribution in [0, 0.1) is 12.3 Å². The zero-order valence-electron chi connectivity index (χ0n) is 9.96. The molecular weight excluding hydrogens is 247 g/mol. The van der Waals surface area contributed by atoms with E-state index in [-0.39, 0.29) is 19.0 Å². The quantitative estimate of drug-likeness (QED) is 0.720. The van der Waals surface area contributed by atoms with E-state index in [9.17, 15) is 18.0 Å². The first-order valence-corrected chi connectivity index (χ1v) is 5.62. The second-order valence-electron chi connectivity index (χ2n) is 4.15. The number of hydrogen-bond donors (Lipinski definition) is 1. The predicted molar refractivity (Wildman–Crippen MR) is 60.8 cm³/mol. The predicted octanol–water partition coefficient (Wildman–Crippen LogP) is -0.0843. The largest absolute Gasteiger partial charge is 0.401 e. The van der Waals surface area contributed by atoms with Gasteiger partial charge < -0.3 is 5.32 Å². The Kier molecular flexibility index (Phi) is 5.44. The van der Waals surface area contributed by atoms with Gasteiger partial charge in [0, 0.05) is 26.2 Å². The van der Waals surface area contributed by atoms with Crippen LogP contribution < -0.4 is 5.32 Å². The van der Waals surface area contributed by atoms with E-state index in [4.69, 9.17) is 6.42 Å². The summed E-state index contributed by atoms with van der Waals surface area (Å²) in [5.41, 5.74) is 0. The molecule has 1 amide bonds. The molecule has 1 aliphatic rings. The molecule has 1 heterocycles. The molecule has 0 atom stereocenters. The zero-order chi connectivity index (χ0) is 13.6. The van der Waals surface area contributed by atoms with Crippen LogP contribution in [0.5, 0.6) is 0 Å². The molecule has 1 fully saturated rings. The highest BCUT2D eigenvalue weighted by atomic mass is 19.4. The number of carbonyl (C=O) groups is 1. The van der Waals surface area contributed by atoms with E-state index in [0.717, 1.165) is 0 Å². The Hall–Kier alpha value is -1.26. The van der Waals surface area contributed by atoms with Crippen LogP contribution in [-0.4, -0.2) is 67.7 Å². The molecule has 0 spiro atoms. The van der Waals surface area contributed by atoms with Crippen molar-refractivity contribution in [1.82, 2.24) is 15.1 Å². The Balaban J connectivity index is 2.23. The van der Waals surface area contributed by atoms with Crippen molar-refractivity contribution in [3.05, 3.63) is 0 Å². The van der Waals surface area contributed by atoms with Crippen LogP contribution >= 0.6 is 0 Å². The Bertz CT molecular complexity index is 316. The third kappa shape index (κ3) is 5.89. The van der Waals surface area contributed by atoms with Gasteiger partial charge in [0.2, 0.25) is 5.91 Å². The van der Waals surface area contributed by atoms with E-state index in [0.29, 0.717) is 26.2 Å². The topological polar surface area (TPSA) is 35.6 Å². The molecule has 1 aliphatic heterocycles. The van der Waals surface area contributed by atoms with Crippen LogP contribution in [0.3, 0.4) is 0 Å². The lowest BCUT2D eigenvalue weighted by Crippen LogP contribution is -2.51. The molecule has 0 aromatic heterocycles. The van der Waals surface area contributed by atoms with Gasteiger partial charge in [0.1, 0.15) is 0 Å². The second kappa shape index (κ2) is 6.61. The normalized spacial score (nSPS) is 18.3. The summed E-state index contributed by atoms with van der Waals surface area (Å²) >= 11 is 0. The SMILES string of the molecule is C#CCNC(=O)CN1CCN(CC(F)(F)F)CC1. The average molecular weight is 263 g/mol. The third-order valence-corrected chi connectivity index (χ3v) is 2.62. The number of carbonyl (C=O) groups excluding carboxylic acids is 1. The number of terminal acetylenes is 1. The van der Waals surface area contributed by atoms with E-state index in [1.54, 1.807) is 0 Å². The van der Waals surface area contributed by atoms with E-state index >= 15 is 0 Å². The van der Waals surface area contributed by atoms with Gasteiger partial charge in [-0.3, -0.25) is 14.6 Å². The minimum absolute atomic E-state index is 0.173. The van der Waals surface area contributed by atoms with Crippen LogP contribution in [0.1, 0.15) is 0 Å². The fourth-order valence-electron chi connectivity index (χ4n) is 1.77. The maximum absolute atomic E-state index is 12.1. The van der Waals surface area contributed by atoms with Crippen molar-refractivity contribution in [2.24, 2.45) is 0 Å². The van der Waals surface area contributed by atoms with Crippen LogP contribution in [0.4, 0.5) is 13.2 Å². The maximum atomic E-state index is 12.1. The molecule has 0 saturated carbocycles. The van der Waals surface area contributed by atoms with Gasteiger partial charge in [0.05, 0.1) is 19.6 Å². The summed E-state index contributed by atoms with van der Waals surface area (Å²) < 4.78 is 36.4. The summed E-state index contributed by atoms with van der Waals surface area (Å²) in [6.07, 6.45) is 0.835. The monoisotopic (exact) mass is 263 g/mol. The van der Waals surface area contributed by atoms with Crippen molar-refractivity contribution >= 4 is 5.91 Å². The van der Waals surface area contributed by atoms with Crippen molar-refractivity contribution in [2.45, 2.75) is 6.18 Å². The minimum atomic E-state index is -4.16. The summed E-state index contributed by atoms with van der Waals surface area (Å²) in [5, 5.41) is 2.52. The fourth-order valence-corrected chi connectivity index (χ4v) is 1.77. The minimum Gasteiger partial charge on any atom is -0.344 e. The number of alkyl halides is 3. The molecule has 0 aliphatic carbocycles. The highest BCUT2D eigenvalue weighted by molar-refractivity contribution is 5.78. The highest BCUT2D eigenvalue weighted by Gasteiger charge is 2.32. The third-order valence-electron chi connectivity index (χ3n) is 2.62. The zero-order valence-corrected chi connectivity index (χ0v) is 9.96. The summed E-state index contributed by atoms with van der Waals surface area (Å²) in [5.74, 6) is 2.09. The van der Waals surface area contributed by atoms with E-state index in [1.165, 1.54) is 4.90 Å². The number of hydrogen-bond acceptors (Lipinski definition) is 3. The molecule has 0 bridgehead atoms. The number of halogens is 3. The Morgan fingerprint density at radius 2 is 1.78 bits per heavy atom. The van der Waals surface area contributed by atoms with Gasteiger partial charge in [-0.25, -0.2) is 0 Å². The molecule has 0 aromatic rings. The first kappa shape index (κ1) is 14.8. The summed E-state index contributed by atoms with van der Waals surface area (Å²) in [6, 6.07) is 0. The standard InChI is InChI=1S/C11H16F3N3O/c1-2-3-15-10(18)8-16-4-6-17(7-5-16)9-11(12,13)14/h1H,3-9H2,(H,15,18). The Morgan fingerprint density at radius 1 is 1.22 bits per heavy atom. The van der Waals surface area contributed by atoms with Crippen molar-refractivity contribution in [3.8, 4) is 12.3 Å². The summed E-state index contributed by atoms with van der Waals surface area (Å²) in [4.78, 5) is 14.5. The van der Waals surface area contributed by atoms with Crippen LogP contribution in [0.25, 0.3) is 0 Å². The van der Waals surface area contributed by atoms with E-state index in [2.05, 4.69) is 11.2 Å². The van der Waals surface area contributed by atoms with E-state index < -0.39 is 12.7 Å². The molecule has 0 aromatic carbocycles. The van der Waals surface area contributed by atoms with Crippen LogP contribution in [0.2, 0.25) is 0 Å². The molecule has 18 heavy (non-hydrogen) atoms. The summed E-state index contributed by atoms with van der Waals surface area (Å²) in [7, 11) is 0. The maximum Gasteiger partial charge on any atom is 0.401 e. The molecule has 1 rings (SSSR count). The van der Waals surface area contributed by atoms with Gasteiger partial charge in [-0.15, -0.1) is 6.42 Å². The van der Waals surface area contributed by atoms with Crippen LogP contribution in [0.15, 0.2) is 0 Å². The van der Waals surface area contributed by atoms with Crippen molar-refractivity contribution < 1.29 is 18.0 Å². The lowest BCUT2D eigenvalue weighted by atomic mass is 10.3. The van der Waals surface area contributed by atoms with Gasteiger partial charge in [-0.1, -0.05) is 5.92 Å². The lowest BCUT2D eigenvalue weighted by Gasteiger charge is -2.34. The highest BCUT2D eigenvalue weighted by Crippen LogP contribution is 2.17. The van der Waals surface area contributed by atoms with Crippen molar-refractivity contribution in [3.63, 3.8) is 0 Å². The van der Waals surface area contributed by atoms with Crippen LogP contribution in [-0.2, 0) is 4.79 Å². The Morgan fingerprint density at radius 3 is 2.28 bits per heavy atom. The number of amides is 1. The number of nitrogens with one attached hydrogen (secondary N) is 1. The second-order valence-corrected chi connectivity index (χ2v) is 4.15. The van der Waals surface area contributed by atoms with E-state index in [1.807, 2.05) is 4.90 Å². The van der Waals surface area contributed by atoms with Gasteiger partial charge in [-0.2, -0.15) is 13.2 Å². The Labute approximate surface area is 104 Å². The number of rotatable bonds is 4. The first-order valence-electron chi connectivity index (χ1n) is 5.62. The van der Waals surface area contributed by atoms with Gasteiger partial charge >= 0.3 is 6.18 Å². The van der Waals surface area contributed by atoms with Crippen molar-refractivity contribution in [2.75, 3.05) is 45.8 Å². The smallest absolute Gasteiger partial charge is 0.344 e. The van der Waals surface area contributed by atoms with Gasteiger partial charge in [-0.05, 0) is 0 Å². The molecule has 1 N–H and O–H groups in total. The summed E-state index contributed by atoms with van der Waals surface area (Å²) in [6.45, 7) is 1.03. The lowest BCUT2D eigenvalue weighted by molar-refractivity contribution is -0.149. The molecule has 4 nitrogen and oxygen atoms in total. The molecule has 0 radical (unpaired) electrons. The van der Waals surface area contributed by atoms with Gasteiger partial charge in [0.25, 0.3) is 0 Å². The molecule has 1 saturated heterocycles. The molecule has 7 heteroatoms. The molecule has 102 valence electrons. The first-order chi connectivity index (χ1) is 8.40. The number of piperazine rings is 1. The molecular formula is C11H16F3N3O. The number of nitrogens with zero attached hydrogens (tertiary/aromatic N) is 2. The molecule has 0 unspecified atom stereocenters. The fraction of sp³-hybridized carbons (Fsp3) is 0.727. The van der Waals surface area contributed by atoms with Crippen molar-refractivity contribution in [1.29, 1.82) is 0 Å². The van der Waals surface area contributed by atoms with Gasteiger partial charge in [0.15, 0.2) is 0 Å². The average Bonchev–Trinajstić information content (AvgIpc) is 2.27.